The third-order valence-corrected chi connectivity index (χ3v) is 5.52. The number of piperidine rings is 2. The zero-order valence-electron chi connectivity index (χ0n) is 11.6. The van der Waals surface area contributed by atoms with Crippen LogP contribution in [0.3, 0.4) is 0 Å². The Balaban J connectivity index is 1.51. The maximum absolute atomic E-state index is 12.4. The van der Waals surface area contributed by atoms with E-state index in [0.29, 0.717) is 11.3 Å². The van der Waals surface area contributed by atoms with Crippen LogP contribution in [-0.2, 0) is 4.79 Å². The van der Waals surface area contributed by atoms with Crippen molar-refractivity contribution in [3.05, 3.63) is 0 Å². The Bertz CT molecular complexity index is 319. The zero-order valence-corrected chi connectivity index (χ0v) is 11.6. The fourth-order valence-corrected chi connectivity index (χ4v) is 3.59. The molecule has 3 nitrogen and oxygen atoms in total. The average Bonchev–Trinajstić information content (AvgIpc) is 3.10. The van der Waals surface area contributed by atoms with Gasteiger partial charge < -0.3 is 10.2 Å². The number of amides is 1. The Labute approximate surface area is 110 Å². The summed E-state index contributed by atoms with van der Waals surface area (Å²) in [5, 5.41) is 3.39. The normalized spacial score (nSPS) is 29.3. The largest absolute Gasteiger partial charge is 0.343 e. The van der Waals surface area contributed by atoms with Gasteiger partial charge in [-0.15, -0.1) is 0 Å². The van der Waals surface area contributed by atoms with Crippen molar-refractivity contribution in [3.63, 3.8) is 0 Å². The topological polar surface area (TPSA) is 32.3 Å². The van der Waals surface area contributed by atoms with Gasteiger partial charge >= 0.3 is 0 Å². The molecule has 0 unspecified atom stereocenters. The predicted molar refractivity (Wildman–Crippen MR) is 72.3 cm³/mol. The van der Waals surface area contributed by atoms with Crippen molar-refractivity contribution < 1.29 is 4.79 Å². The van der Waals surface area contributed by atoms with E-state index in [-0.39, 0.29) is 5.41 Å². The van der Waals surface area contributed by atoms with Crippen molar-refractivity contribution in [2.24, 2.45) is 10.8 Å². The molecule has 3 heteroatoms. The molecule has 0 atom stereocenters. The van der Waals surface area contributed by atoms with Crippen molar-refractivity contribution in [2.75, 3.05) is 26.2 Å². The van der Waals surface area contributed by atoms with E-state index in [1.165, 1.54) is 25.7 Å². The first-order chi connectivity index (χ1) is 8.61. The second-order valence-corrected chi connectivity index (χ2v) is 7.12. The number of hydrogen-bond donors (Lipinski definition) is 1. The van der Waals surface area contributed by atoms with Crippen LogP contribution in [0.1, 0.15) is 51.9 Å². The standard InChI is InChI=1S/C15H26N2O/c1-14(4-8-16-9-5-14)12-13(18)17-10-6-15(2-3-15)7-11-17/h16H,2-12H2,1H3. The number of likely N-dealkylation sites (tertiary alicyclic amines) is 1. The molecule has 102 valence electrons. The lowest BCUT2D eigenvalue weighted by Gasteiger charge is -2.37. The molecular weight excluding hydrogens is 224 g/mol. The van der Waals surface area contributed by atoms with Gasteiger partial charge in [0, 0.05) is 19.5 Å². The van der Waals surface area contributed by atoms with Gasteiger partial charge in [-0.05, 0) is 62.4 Å². The van der Waals surface area contributed by atoms with E-state index in [0.717, 1.165) is 45.4 Å². The molecule has 3 aliphatic rings. The van der Waals surface area contributed by atoms with Crippen molar-refractivity contribution >= 4 is 5.91 Å². The third kappa shape index (κ3) is 2.56. The minimum absolute atomic E-state index is 0.247. The second kappa shape index (κ2) is 4.52. The molecule has 3 rings (SSSR count). The van der Waals surface area contributed by atoms with Gasteiger partial charge in [0.05, 0.1) is 0 Å². The van der Waals surface area contributed by atoms with Crippen LogP contribution in [0.4, 0.5) is 0 Å². The maximum atomic E-state index is 12.4. The van der Waals surface area contributed by atoms with Crippen LogP contribution in [0.25, 0.3) is 0 Å². The Hall–Kier alpha value is -0.570. The van der Waals surface area contributed by atoms with Crippen LogP contribution in [0.15, 0.2) is 0 Å². The van der Waals surface area contributed by atoms with Crippen LogP contribution in [0, 0.1) is 10.8 Å². The van der Waals surface area contributed by atoms with Crippen molar-refractivity contribution in [3.8, 4) is 0 Å². The highest BCUT2D eigenvalue weighted by atomic mass is 16.2. The van der Waals surface area contributed by atoms with Gasteiger partial charge in [-0.1, -0.05) is 6.92 Å². The number of rotatable bonds is 2. The molecule has 18 heavy (non-hydrogen) atoms. The highest BCUT2D eigenvalue weighted by molar-refractivity contribution is 5.77. The van der Waals surface area contributed by atoms with Gasteiger partial charge in [0.1, 0.15) is 0 Å². The smallest absolute Gasteiger partial charge is 0.223 e. The van der Waals surface area contributed by atoms with E-state index in [2.05, 4.69) is 17.1 Å². The molecule has 2 heterocycles. The van der Waals surface area contributed by atoms with Crippen LogP contribution in [0.5, 0.6) is 0 Å². The van der Waals surface area contributed by atoms with E-state index in [1.807, 2.05) is 0 Å². The van der Waals surface area contributed by atoms with Gasteiger partial charge in [-0.25, -0.2) is 0 Å². The summed E-state index contributed by atoms with van der Waals surface area (Å²) in [5.41, 5.74) is 0.923. The van der Waals surface area contributed by atoms with Crippen molar-refractivity contribution in [1.82, 2.24) is 10.2 Å². The van der Waals surface area contributed by atoms with Gasteiger partial charge in [0.2, 0.25) is 5.91 Å². The van der Waals surface area contributed by atoms with Crippen molar-refractivity contribution in [1.29, 1.82) is 0 Å². The molecule has 0 aromatic rings. The molecule has 0 aromatic carbocycles. The van der Waals surface area contributed by atoms with Gasteiger partial charge in [-0.2, -0.15) is 0 Å². The zero-order chi connectivity index (χ0) is 12.6. The molecule has 1 saturated carbocycles. The van der Waals surface area contributed by atoms with Crippen molar-refractivity contribution in [2.45, 2.75) is 51.9 Å². The van der Waals surface area contributed by atoms with E-state index in [4.69, 9.17) is 0 Å². The quantitative estimate of drug-likeness (QED) is 0.814. The number of carbonyl (C=O) groups excluding carboxylic acids is 1. The molecule has 1 aliphatic carbocycles. The summed E-state index contributed by atoms with van der Waals surface area (Å²) in [5.74, 6) is 0.412. The molecule has 0 aromatic heterocycles. The lowest BCUT2D eigenvalue weighted by atomic mass is 9.77. The SMILES string of the molecule is CC1(CC(=O)N2CCC3(CC2)CC3)CCNCC1. The van der Waals surface area contributed by atoms with Crippen LogP contribution in [0.2, 0.25) is 0 Å². The second-order valence-electron chi connectivity index (χ2n) is 7.12. The minimum atomic E-state index is 0.247. The van der Waals surface area contributed by atoms with Gasteiger partial charge in [-0.3, -0.25) is 4.79 Å². The Morgan fingerprint density at radius 2 is 1.67 bits per heavy atom. The lowest BCUT2D eigenvalue weighted by molar-refractivity contribution is -0.135. The Morgan fingerprint density at radius 1 is 1.06 bits per heavy atom. The average molecular weight is 250 g/mol. The summed E-state index contributed by atoms with van der Waals surface area (Å²) in [6, 6.07) is 0. The number of nitrogens with zero attached hydrogens (tertiary/aromatic N) is 1. The fourth-order valence-electron chi connectivity index (χ4n) is 3.59. The summed E-state index contributed by atoms with van der Waals surface area (Å²) >= 11 is 0. The number of hydrogen-bond acceptors (Lipinski definition) is 2. The minimum Gasteiger partial charge on any atom is -0.343 e. The predicted octanol–water partition coefficient (Wildman–Crippen LogP) is 2.17. The summed E-state index contributed by atoms with van der Waals surface area (Å²) in [6.07, 6.45) is 8.42. The van der Waals surface area contributed by atoms with E-state index in [9.17, 15) is 4.79 Å². The molecule has 3 fully saturated rings. The number of nitrogens with one attached hydrogen (secondary N) is 1. The first-order valence-electron chi connectivity index (χ1n) is 7.60. The molecule has 0 radical (unpaired) electrons. The molecule has 2 aliphatic heterocycles. The molecule has 1 N–H and O–H groups in total. The summed E-state index contributed by atoms with van der Waals surface area (Å²) < 4.78 is 0. The van der Waals surface area contributed by atoms with E-state index in [1.54, 1.807) is 0 Å². The maximum Gasteiger partial charge on any atom is 0.223 e. The molecule has 0 bridgehead atoms. The lowest BCUT2D eigenvalue weighted by Crippen LogP contribution is -2.43. The molecule has 2 saturated heterocycles. The first-order valence-corrected chi connectivity index (χ1v) is 7.60. The van der Waals surface area contributed by atoms with E-state index < -0.39 is 0 Å². The molecule has 1 spiro atoms. The highest BCUT2D eigenvalue weighted by Gasteiger charge is 2.45. The van der Waals surface area contributed by atoms with Crippen LogP contribution >= 0.6 is 0 Å². The van der Waals surface area contributed by atoms with E-state index >= 15 is 0 Å². The monoisotopic (exact) mass is 250 g/mol. The highest BCUT2D eigenvalue weighted by Crippen LogP contribution is 2.53. The fraction of sp³-hybridized carbons (Fsp3) is 0.933. The Morgan fingerprint density at radius 3 is 2.22 bits per heavy atom. The van der Waals surface area contributed by atoms with Crippen LogP contribution < -0.4 is 5.32 Å². The third-order valence-electron chi connectivity index (χ3n) is 5.52. The van der Waals surface area contributed by atoms with Gasteiger partial charge in [0.25, 0.3) is 0 Å². The summed E-state index contributed by atoms with van der Waals surface area (Å²) in [7, 11) is 0. The number of carbonyl (C=O) groups is 1. The molecular formula is C15H26N2O. The van der Waals surface area contributed by atoms with Gasteiger partial charge in [0.15, 0.2) is 0 Å². The van der Waals surface area contributed by atoms with Crippen LogP contribution in [-0.4, -0.2) is 37.0 Å². The first kappa shape index (κ1) is 12.5. The molecule has 1 amide bonds. The summed E-state index contributed by atoms with van der Waals surface area (Å²) in [6.45, 7) is 6.48. The summed E-state index contributed by atoms with van der Waals surface area (Å²) in [4.78, 5) is 14.5. The Kier molecular flexibility index (Phi) is 3.13.